The number of aromatic nitrogens is 2. The lowest BCUT2D eigenvalue weighted by Crippen LogP contribution is -2.42. The van der Waals surface area contributed by atoms with E-state index in [0.29, 0.717) is 19.0 Å². The van der Waals surface area contributed by atoms with Gasteiger partial charge in [-0.05, 0) is 45.2 Å². The number of sulfonamides is 1. The fourth-order valence-electron chi connectivity index (χ4n) is 3.34. The molecule has 1 atom stereocenters. The van der Waals surface area contributed by atoms with Gasteiger partial charge in [0.05, 0.1) is 0 Å². The first-order valence-corrected chi connectivity index (χ1v) is 9.26. The summed E-state index contributed by atoms with van der Waals surface area (Å²) >= 11 is 0. The number of nitrogens with zero attached hydrogens (tertiary/aromatic N) is 3. The molecule has 1 aromatic heterocycles. The van der Waals surface area contributed by atoms with Crippen LogP contribution in [0.15, 0.2) is 11.2 Å². The Morgan fingerprint density at radius 2 is 2.14 bits per heavy atom. The van der Waals surface area contributed by atoms with Crippen LogP contribution in [0.5, 0.6) is 0 Å². The molecule has 0 aromatic carbocycles. The third-order valence-electron chi connectivity index (χ3n) is 4.47. The molecule has 22 heavy (non-hydrogen) atoms. The van der Waals surface area contributed by atoms with E-state index in [9.17, 15) is 8.42 Å². The summed E-state index contributed by atoms with van der Waals surface area (Å²) in [6, 6.07) is 0. The molecule has 0 amide bonds. The summed E-state index contributed by atoms with van der Waals surface area (Å²) < 4.78 is 29.2. The molecule has 1 saturated heterocycles. The maximum absolute atomic E-state index is 12.8. The number of piperidine rings is 1. The van der Waals surface area contributed by atoms with Crippen molar-refractivity contribution in [2.75, 3.05) is 26.7 Å². The molecular weight excluding hydrogens is 324 g/mol. The molecule has 1 fully saturated rings. The summed E-state index contributed by atoms with van der Waals surface area (Å²) in [5.41, 5.74) is 0. The maximum Gasteiger partial charge on any atom is 0.262 e. The molecule has 0 saturated carbocycles. The third-order valence-corrected chi connectivity index (χ3v) is 6.20. The number of halogens is 1. The molecule has 3 heterocycles. The van der Waals surface area contributed by atoms with Crippen LogP contribution in [0.1, 0.15) is 31.5 Å². The Balaban J connectivity index is 0.00000176. The van der Waals surface area contributed by atoms with Gasteiger partial charge >= 0.3 is 0 Å². The first-order valence-electron chi connectivity index (χ1n) is 7.82. The zero-order chi connectivity index (χ0) is 14.9. The summed E-state index contributed by atoms with van der Waals surface area (Å²) in [6.45, 7) is 2.97. The van der Waals surface area contributed by atoms with Gasteiger partial charge in [-0.1, -0.05) is 0 Å². The zero-order valence-corrected chi connectivity index (χ0v) is 14.6. The van der Waals surface area contributed by atoms with Crippen molar-refractivity contribution in [3.63, 3.8) is 0 Å². The van der Waals surface area contributed by atoms with E-state index in [1.807, 2.05) is 11.6 Å². The van der Waals surface area contributed by atoms with Crippen molar-refractivity contribution in [3.8, 4) is 0 Å². The average Bonchev–Trinajstić information content (AvgIpc) is 2.92. The number of hydrogen-bond acceptors (Lipinski definition) is 4. The standard InChI is InChI=1S/C14H24N4O2S.ClH/c1-15-9-12-5-4-8-18(10-12)21(19,20)14-11-17-7-3-2-6-13(17)16-14;/h11-12,15H,2-10H2,1H3;1H. The van der Waals surface area contributed by atoms with Crippen LogP contribution in [0.2, 0.25) is 0 Å². The summed E-state index contributed by atoms with van der Waals surface area (Å²) in [4.78, 5) is 4.39. The highest BCUT2D eigenvalue weighted by Gasteiger charge is 2.32. The maximum atomic E-state index is 12.8. The van der Waals surface area contributed by atoms with E-state index in [4.69, 9.17) is 0 Å². The van der Waals surface area contributed by atoms with Crippen molar-refractivity contribution in [1.82, 2.24) is 19.2 Å². The third kappa shape index (κ3) is 3.48. The molecule has 0 radical (unpaired) electrons. The Hall–Kier alpha value is -0.630. The Labute approximate surface area is 138 Å². The number of fused-ring (bicyclic) bond motifs is 1. The van der Waals surface area contributed by atoms with E-state index in [0.717, 1.165) is 51.0 Å². The first-order chi connectivity index (χ1) is 10.1. The Kier molecular flexibility index (Phi) is 5.87. The second kappa shape index (κ2) is 7.29. The molecule has 2 aliphatic rings. The highest BCUT2D eigenvalue weighted by molar-refractivity contribution is 7.89. The minimum absolute atomic E-state index is 0. The molecule has 6 nitrogen and oxygen atoms in total. The molecule has 2 aliphatic heterocycles. The van der Waals surface area contributed by atoms with Gasteiger partial charge in [0, 0.05) is 32.3 Å². The van der Waals surface area contributed by atoms with Crippen LogP contribution in [0, 0.1) is 5.92 Å². The molecule has 8 heteroatoms. The lowest BCUT2D eigenvalue weighted by molar-refractivity contribution is 0.263. The fraction of sp³-hybridized carbons (Fsp3) is 0.786. The second-order valence-electron chi connectivity index (χ2n) is 6.07. The van der Waals surface area contributed by atoms with Crippen LogP contribution in [0.25, 0.3) is 0 Å². The van der Waals surface area contributed by atoms with Crippen LogP contribution in [-0.4, -0.2) is 49.0 Å². The topological polar surface area (TPSA) is 67.2 Å². The van der Waals surface area contributed by atoms with Gasteiger partial charge in [-0.2, -0.15) is 4.31 Å². The van der Waals surface area contributed by atoms with Crippen molar-refractivity contribution in [2.24, 2.45) is 5.92 Å². The van der Waals surface area contributed by atoms with E-state index in [1.165, 1.54) is 0 Å². The van der Waals surface area contributed by atoms with Crippen LogP contribution < -0.4 is 5.32 Å². The van der Waals surface area contributed by atoms with Crippen LogP contribution in [0.4, 0.5) is 0 Å². The first kappa shape index (κ1) is 17.7. The van der Waals surface area contributed by atoms with Crippen molar-refractivity contribution in [3.05, 3.63) is 12.0 Å². The number of aryl methyl sites for hydroxylation is 2. The lowest BCUT2D eigenvalue weighted by Gasteiger charge is -2.31. The summed E-state index contributed by atoms with van der Waals surface area (Å²) in [5.74, 6) is 1.32. The summed E-state index contributed by atoms with van der Waals surface area (Å²) in [7, 11) is -1.52. The molecule has 1 unspecified atom stereocenters. The molecule has 0 spiro atoms. The minimum Gasteiger partial charge on any atom is -0.333 e. The van der Waals surface area contributed by atoms with Crippen molar-refractivity contribution < 1.29 is 8.42 Å². The van der Waals surface area contributed by atoms with E-state index in [-0.39, 0.29) is 17.4 Å². The van der Waals surface area contributed by atoms with Crippen LogP contribution >= 0.6 is 12.4 Å². The number of imidazole rings is 1. The Morgan fingerprint density at radius 1 is 1.32 bits per heavy atom. The smallest absolute Gasteiger partial charge is 0.262 e. The second-order valence-corrected chi connectivity index (χ2v) is 7.96. The van der Waals surface area contributed by atoms with Crippen LogP contribution in [0.3, 0.4) is 0 Å². The highest BCUT2D eigenvalue weighted by atomic mass is 35.5. The van der Waals surface area contributed by atoms with E-state index < -0.39 is 10.0 Å². The van der Waals surface area contributed by atoms with Gasteiger partial charge in [0.15, 0.2) is 5.03 Å². The predicted molar refractivity (Wildman–Crippen MR) is 87.8 cm³/mol. The SMILES string of the molecule is CNCC1CCCN(S(=O)(=O)c2cn3c(n2)CCCC3)C1.Cl. The number of nitrogens with one attached hydrogen (secondary N) is 1. The molecule has 1 N–H and O–H groups in total. The molecule has 3 rings (SSSR count). The molecular formula is C14H25ClN4O2S. The molecule has 1 aromatic rings. The number of rotatable bonds is 4. The van der Waals surface area contributed by atoms with Gasteiger partial charge < -0.3 is 9.88 Å². The van der Waals surface area contributed by atoms with Gasteiger partial charge in [-0.15, -0.1) is 12.4 Å². The normalized spacial score (nSPS) is 22.9. The Bertz CT molecular complexity index is 576. The monoisotopic (exact) mass is 348 g/mol. The molecule has 0 aliphatic carbocycles. The molecule has 0 bridgehead atoms. The fourth-order valence-corrected chi connectivity index (χ4v) is 4.87. The van der Waals surface area contributed by atoms with Gasteiger partial charge in [0.2, 0.25) is 0 Å². The quantitative estimate of drug-likeness (QED) is 0.889. The van der Waals surface area contributed by atoms with Crippen molar-refractivity contribution in [1.29, 1.82) is 0 Å². The van der Waals surface area contributed by atoms with Crippen LogP contribution in [-0.2, 0) is 23.0 Å². The predicted octanol–water partition coefficient (Wildman–Crippen LogP) is 1.26. The lowest BCUT2D eigenvalue weighted by atomic mass is 10.00. The van der Waals surface area contributed by atoms with Crippen molar-refractivity contribution >= 4 is 22.4 Å². The van der Waals surface area contributed by atoms with Crippen molar-refractivity contribution in [2.45, 2.75) is 43.7 Å². The van der Waals surface area contributed by atoms with E-state index >= 15 is 0 Å². The summed E-state index contributed by atoms with van der Waals surface area (Å²) in [6.07, 6.45) is 6.84. The largest absolute Gasteiger partial charge is 0.333 e. The molecule has 126 valence electrons. The van der Waals surface area contributed by atoms with E-state index in [2.05, 4.69) is 10.3 Å². The van der Waals surface area contributed by atoms with Gasteiger partial charge in [0.25, 0.3) is 10.0 Å². The zero-order valence-electron chi connectivity index (χ0n) is 13.0. The van der Waals surface area contributed by atoms with E-state index in [1.54, 1.807) is 10.5 Å². The Morgan fingerprint density at radius 3 is 2.86 bits per heavy atom. The van der Waals surface area contributed by atoms with Gasteiger partial charge in [-0.25, -0.2) is 13.4 Å². The van der Waals surface area contributed by atoms with Gasteiger partial charge in [-0.3, -0.25) is 0 Å². The minimum atomic E-state index is -3.43. The highest BCUT2D eigenvalue weighted by Crippen LogP contribution is 2.24. The summed E-state index contributed by atoms with van der Waals surface area (Å²) in [5, 5.41) is 3.39. The number of hydrogen-bond donors (Lipinski definition) is 1. The average molecular weight is 349 g/mol. The van der Waals surface area contributed by atoms with Gasteiger partial charge in [0.1, 0.15) is 5.82 Å².